The van der Waals surface area contributed by atoms with Crippen molar-refractivity contribution >= 4 is 23.4 Å². The maximum Gasteiger partial charge on any atom is 0.253 e. The Morgan fingerprint density at radius 1 is 1.43 bits per heavy atom. The van der Waals surface area contributed by atoms with Gasteiger partial charge in [-0.05, 0) is 38.0 Å². The summed E-state index contributed by atoms with van der Waals surface area (Å²) in [7, 11) is 1.60. The van der Waals surface area contributed by atoms with E-state index >= 15 is 0 Å². The van der Waals surface area contributed by atoms with Crippen molar-refractivity contribution in [1.82, 2.24) is 10.2 Å². The Labute approximate surface area is 141 Å². The maximum atomic E-state index is 12.6. The molecule has 1 saturated heterocycles. The molecule has 1 aliphatic heterocycles. The van der Waals surface area contributed by atoms with E-state index < -0.39 is 5.41 Å². The Balaban J connectivity index is 2.04. The first kappa shape index (κ1) is 17.8. The van der Waals surface area contributed by atoms with E-state index in [0.29, 0.717) is 36.8 Å². The summed E-state index contributed by atoms with van der Waals surface area (Å²) in [4.78, 5) is 26.8. The second-order valence-electron chi connectivity index (χ2n) is 6.15. The lowest BCUT2D eigenvalue weighted by molar-refractivity contribution is -0.132. The molecule has 1 aromatic carbocycles. The number of carbonyl (C=O) groups is 2. The monoisotopic (exact) mass is 338 g/mol. The van der Waals surface area contributed by atoms with Gasteiger partial charge in [0.25, 0.3) is 5.91 Å². The largest absolute Gasteiger partial charge is 0.383 e. The standard InChI is InChI=1S/C17H23ClN2O3/c1-17(16(22)19-8-10-23-2)7-4-9-20(12-17)15(21)13-5-3-6-14(18)11-13/h3,5-6,11H,4,7-10,12H2,1-2H3,(H,19,22). The summed E-state index contributed by atoms with van der Waals surface area (Å²) < 4.78 is 4.95. The molecule has 1 heterocycles. The van der Waals surface area contributed by atoms with Crippen LogP contribution in [0.4, 0.5) is 0 Å². The highest BCUT2D eigenvalue weighted by atomic mass is 35.5. The summed E-state index contributed by atoms with van der Waals surface area (Å²) in [5.74, 6) is -0.110. The summed E-state index contributed by atoms with van der Waals surface area (Å²) in [6, 6.07) is 6.91. The van der Waals surface area contributed by atoms with Gasteiger partial charge in [0.05, 0.1) is 12.0 Å². The normalized spacial score (nSPS) is 21.1. The van der Waals surface area contributed by atoms with Gasteiger partial charge >= 0.3 is 0 Å². The van der Waals surface area contributed by atoms with Crippen molar-refractivity contribution in [2.45, 2.75) is 19.8 Å². The van der Waals surface area contributed by atoms with Crippen molar-refractivity contribution in [2.24, 2.45) is 5.41 Å². The van der Waals surface area contributed by atoms with E-state index in [-0.39, 0.29) is 11.8 Å². The van der Waals surface area contributed by atoms with E-state index in [0.717, 1.165) is 12.8 Å². The fraction of sp³-hybridized carbons (Fsp3) is 0.529. The topological polar surface area (TPSA) is 58.6 Å². The molecule has 1 unspecified atom stereocenters. The quantitative estimate of drug-likeness (QED) is 0.838. The molecule has 1 fully saturated rings. The predicted molar refractivity (Wildman–Crippen MR) is 89.6 cm³/mol. The minimum Gasteiger partial charge on any atom is -0.383 e. The molecule has 2 rings (SSSR count). The van der Waals surface area contributed by atoms with Crippen molar-refractivity contribution in [3.05, 3.63) is 34.9 Å². The average Bonchev–Trinajstić information content (AvgIpc) is 2.54. The number of amides is 2. The third-order valence-electron chi connectivity index (χ3n) is 4.20. The smallest absolute Gasteiger partial charge is 0.253 e. The van der Waals surface area contributed by atoms with Crippen molar-refractivity contribution in [3.8, 4) is 0 Å². The molecule has 1 aliphatic rings. The first-order valence-electron chi connectivity index (χ1n) is 7.78. The van der Waals surface area contributed by atoms with Crippen LogP contribution in [0.15, 0.2) is 24.3 Å². The molecule has 1 aromatic rings. The Morgan fingerprint density at radius 3 is 2.91 bits per heavy atom. The van der Waals surface area contributed by atoms with Gasteiger partial charge < -0.3 is 15.0 Å². The first-order chi connectivity index (χ1) is 11.0. The number of piperidine rings is 1. The average molecular weight is 339 g/mol. The second-order valence-corrected chi connectivity index (χ2v) is 6.59. The van der Waals surface area contributed by atoms with Crippen LogP contribution in [0.1, 0.15) is 30.1 Å². The van der Waals surface area contributed by atoms with Gasteiger partial charge in [0.2, 0.25) is 5.91 Å². The van der Waals surface area contributed by atoms with E-state index in [1.807, 2.05) is 6.92 Å². The fourth-order valence-electron chi connectivity index (χ4n) is 2.88. The Bertz CT molecular complexity index is 579. The van der Waals surface area contributed by atoms with E-state index in [1.54, 1.807) is 36.3 Å². The molecule has 6 heteroatoms. The van der Waals surface area contributed by atoms with Crippen LogP contribution in [0.3, 0.4) is 0 Å². The Morgan fingerprint density at radius 2 is 2.22 bits per heavy atom. The lowest BCUT2D eigenvalue weighted by Crippen LogP contribution is -2.52. The van der Waals surface area contributed by atoms with Crippen LogP contribution in [-0.2, 0) is 9.53 Å². The van der Waals surface area contributed by atoms with Crippen LogP contribution in [0.5, 0.6) is 0 Å². The molecular weight excluding hydrogens is 316 g/mol. The number of carbonyl (C=O) groups excluding carboxylic acids is 2. The van der Waals surface area contributed by atoms with E-state index in [4.69, 9.17) is 16.3 Å². The number of methoxy groups -OCH3 is 1. The minimum absolute atomic E-state index is 0.0295. The number of hydrogen-bond donors (Lipinski definition) is 1. The van der Waals surface area contributed by atoms with Crippen LogP contribution in [0.2, 0.25) is 5.02 Å². The lowest BCUT2D eigenvalue weighted by Gasteiger charge is -2.39. The van der Waals surface area contributed by atoms with Crippen molar-refractivity contribution in [2.75, 3.05) is 33.4 Å². The Hall–Kier alpha value is -1.59. The summed E-state index contributed by atoms with van der Waals surface area (Å²) in [6.45, 7) is 3.94. The zero-order valence-corrected chi connectivity index (χ0v) is 14.4. The number of ether oxygens (including phenoxy) is 1. The molecular formula is C17H23ClN2O3. The van der Waals surface area contributed by atoms with Crippen LogP contribution < -0.4 is 5.32 Å². The van der Waals surface area contributed by atoms with Crippen molar-refractivity contribution in [3.63, 3.8) is 0 Å². The first-order valence-corrected chi connectivity index (χ1v) is 8.16. The number of nitrogens with one attached hydrogen (secondary N) is 1. The highest BCUT2D eigenvalue weighted by Crippen LogP contribution is 2.30. The van der Waals surface area contributed by atoms with Gasteiger partial charge in [0.1, 0.15) is 0 Å². The fourth-order valence-corrected chi connectivity index (χ4v) is 3.07. The number of nitrogens with zero attached hydrogens (tertiary/aromatic N) is 1. The van der Waals surface area contributed by atoms with Gasteiger partial charge in [0, 0.05) is 37.3 Å². The third-order valence-corrected chi connectivity index (χ3v) is 4.43. The van der Waals surface area contributed by atoms with E-state index in [1.165, 1.54) is 0 Å². The van der Waals surface area contributed by atoms with Crippen molar-refractivity contribution < 1.29 is 14.3 Å². The van der Waals surface area contributed by atoms with Crippen LogP contribution in [0, 0.1) is 5.41 Å². The van der Waals surface area contributed by atoms with Crippen molar-refractivity contribution in [1.29, 1.82) is 0 Å². The van der Waals surface area contributed by atoms with Gasteiger partial charge in [-0.15, -0.1) is 0 Å². The molecule has 23 heavy (non-hydrogen) atoms. The maximum absolute atomic E-state index is 12.6. The van der Waals surface area contributed by atoms with Gasteiger partial charge in [0.15, 0.2) is 0 Å². The molecule has 2 amide bonds. The molecule has 126 valence electrons. The lowest BCUT2D eigenvalue weighted by atomic mass is 9.80. The summed E-state index contributed by atoms with van der Waals surface area (Å²) in [5, 5.41) is 3.41. The minimum atomic E-state index is -0.569. The molecule has 0 aromatic heterocycles. The second kappa shape index (κ2) is 7.79. The zero-order valence-electron chi connectivity index (χ0n) is 13.6. The van der Waals surface area contributed by atoms with Gasteiger partial charge in [-0.3, -0.25) is 9.59 Å². The molecule has 0 saturated carbocycles. The van der Waals surface area contributed by atoms with Gasteiger partial charge in [-0.2, -0.15) is 0 Å². The number of hydrogen-bond acceptors (Lipinski definition) is 3. The summed E-state index contributed by atoms with van der Waals surface area (Å²) in [6.07, 6.45) is 1.58. The molecule has 1 N–H and O–H groups in total. The molecule has 0 radical (unpaired) electrons. The van der Waals surface area contributed by atoms with E-state index in [2.05, 4.69) is 5.32 Å². The number of likely N-dealkylation sites (tertiary alicyclic amines) is 1. The van der Waals surface area contributed by atoms with E-state index in [9.17, 15) is 9.59 Å². The Kier molecular flexibility index (Phi) is 6.02. The number of rotatable bonds is 5. The highest BCUT2D eigenvalue weighted by molar-refractivity contribution is 6.30. The summed E-state index contributed by atoms with van der Waals surface area (Å²) >= 11 is 5.96. The number of benzene rings is 1. The number of halogens is 1. The zero-order chi connectivity index (χ0) is 16.9. The molecule has 0 spiro atoms. The van der Waals surface area contributed by atoms with Crippen LogP contribution in [-0.4, -0.2) is 50.1 Å². The molecule has 0 bridgehead atoms. The molecule has 1 atom stereocenters. The predicted octanol–water partition coefficient (Wildman–Crippen LogP) is 2.34. The van der Waals surface area contributed by atoms with Gasteiger partial charge in [-0.25, -0.2) is 0 Å². The SMILES string of the molecule is COCCNC(=O)C1(C)CCCN(C(=O)c2cccc(Cl)c2)C1. The molecule has 0 aliphatic carbocycles. The summed E-state index contributed by atoms with van der Waals surface area (Å²) in [5.41, 5.74) is -0.0122. The van der Waals surface area contributed by atoms with Crippen LogP contribution in [0.25, 0.3) is 0 Å². The van der Waals surface area contributed by atoms with Crippen LogP contribution >= 0.6 is 11.6 Å². The van der Waals surface area contributed by atoms with Gasteiger partial charge in [-0.1, -0.05) is 17.7 Å². The molecule has 5 nitrogen and oxygen atoms in total. The third kappa shape index (κ3) is 4.45. The highest BCUT2D eigenvalue weighted by Gasteiger charge is 2.39.